The molecule has 2 heterocycles. The number of ether oxygens (including phenoxy) is 1. The SMILES string of the molecule is CC(=O)Nc1nc(C)c(S(=O)(=O)Nc2cnn(CCOCc3ccccc3)c2)s1. The monoisotopic (exact) mass is 435 g/mol. The van der Waals surface area contributed by atoms with Crippen LogP contribution in [0.25, 0.3) is 0 Å². The normalized spacial score (nSPS) is 11.4. The molecular weight excluding hydrogens is 414 g/mol. The van der Waals surface area contributed by atoms with E-state index in [1.54, 1.807) is 17.8 Å². The lowest BCUT2D eigenvalue weighted by molar-refractivity contribution is -0.114. The quantitative estimate of drug-likeness (QED) is 0.499. The number of carbonyl (C=O) groups is 1. The number of carbonyl (C=O) groups excluding carboxylic acids is 1. The smallest absolute Gasteiger partial charge is 0.273 e. The van der Waals surface area contributed by atoms with E-state index in [1.165, 1.54) is 13.1 Å². The molecule has 1 aromatic carbocycles. The second kappa shape index (κ2) is 9.16. The first-order valence-corrected chi connectivity index (χ1v) is 11.1. The van der Waals surface area contributed by atoms with Crippen molar-refractivity contribution in [2.45, 2.75) is 31.2 Å². The Kier molecular flexibility index (Phi) is 6.62. The van der Waals surface area contributed by atoms with Crippen molar-refractivity contribution in [3.05, 3.63) is 54.0 Å². The summed E-state index contributed by atoms with van der Waals surface area (Å²) < 4.78 is 35.0. The van der Waals surface area contributed by atoms with Gasteiger partial charge in [-0.3, -0.25) is 14.2 Å². The van der Waals surface area contributed by atoms with E-state index >= 15 is 0 Å². The van der Waals surface area contributed by atoms with Crippen molar-refractivity contribution in [3.8, 4) is 0 Å². The molecule has 2 N–H and O–H groups in total. The van der Waals surface area contributed by atoms with Crippen LogP contribution in [0.1, 0.15) is 18.2 Å². The summed E-state index contributed by atoms with van der Waals surface area (Å²) in [6.45, 7) is 4.34. The number of aryl methyl sites for hydroxylation is 1. The van der Waals surface area contributed by atoms with Crippen molar-refractivity contribution in [2.24, 2.45) is 0 Å². The van der Waals surface area contributed by atoms with Crippen LogP contribution in [0, 0.1) is 6.92 Å². The van der Waals surface area contributed by atoms with E-state index in [2.05, 4.69) is 20.1 Å². The summed E-state index contributed by atoms with van der Waals surface area (Å²) in [4.78, 5) is 15.2. The van der Waals surface area contributed by atoms with Crippen LogP contribution in [-0.2, 0) is 32.7 Å². The van der Waals surface area contributed by atoms with E-state index in [1.807, 2.05) is 30.3 Å². The zero-order valence-corrected chi connectivity index (χ0v) is 17.6. The van der Waals surface area contributed by atoms with Crippen LogP contribution in [0.15, 0.2) is 46.9 Å². The molecule has 0 fully saturated rings. The number of rotatable bonds is 9. The third kappa shape index (κ3) is 5.86. The lowest BCUT2D eigenvalue weighted by Crippen LogP contribution is -2.12. The largest absolute Gasteiger partial charge is 0.375 e. The summed E-state index contributed by atoms with van der Waals surface area (Å²) in [5, 5.41) is 6.88. The lowest BCUT2D eigenvalue weighted by atomic mass is 10.2. The van der Waals surface area contributed by atoms with Crippen molar-refractivity contribution in [1.82, 2.24) is 14.8 Å². The fourth-order valence-corrected chi connectivity index (χ4v) is 4.99. The molecule has 0 bridgehead atoms. The lowest BCUT2D eigenvalue weighted by Gasteiger charge is -2.05. The topological polar surface area (TPSA) is 115 Å². The average Bonchev–Trinajstić information content (AvgIpc) is 3.25. The summed E-state index contributed by atoms with van der Waals surface area (Å²) in [7, 11) is -3.84. The zero-order valence-electron chi connectivity index (χ0n) is 16.0. The predicted molar refractivity (Wildman–Crippen MR) is 110 cm³/mol. The van der Waals surface area contributed by atoms with Crippen LogP contribution in [-0.4, -0.2) is 35.7 Å². The van der Waals surface area contributed by atoms with Crippen LogP contribution < -0.4 is 10.0 Å². The molecule has 0 spiro atoms. The van der Waals surface area contributed by atoms with E-state index in [4.69, 9.17) is 4.74 Å². The van der Waals surface area contributed by atoms with Gasteiger partial charge in [-0.15, -0.1) is 0 Å². The van der Waals surface area contributed by atoms with Crippen LogP contribution in [0.4, 0.5) is 10.8 Å². The molecule has 0 unspecified atom stereocenters. The van der Waals surface area contributed by atoms with E-state index < -0.39 is 10.0 Å². The van der Waals surface area contributed by atoms with Gasteiger partial charge in [0.1, 0.15) is 0 Å². The van der Waals surface area contributed by atoms with Gasteiger partial charge >= 0.3 is 0 Å². The number of hydrogen-bond donors (Lipinski definition) is 2. The fraction of sp³-hybridized carbons (Fsp3) is 0.278. The summed E-state index contributed by atoms with van der Waals surface area (Å²) >= 11 is 0.895. The summed E-state index contributed by atoms with van der Waals surface area (Å²) in [6, 6.07) is 9.83. The molecule has 11 heteroatoms. The Morgan fingerprint density at radius 2 is 2.03 bits per heavy atom. The molecule has 0 atom stereocenters. The second-order valence-electron chi connectivity index (χ2n) is 6.21. The molecule has 1 amide bonds. The van der Waals surface area contributed by atoms with Crippen LogP contribution in [0.3, 0.4) is 0 Å². The van der Waals surface area contributed by atoms with E-state index in [9.17, 15) is 13.2 Å². The Labute approximate surface area is 172 Å². The molecule has 0 aliphatic rings. The van der Waals surface area contributed by atoms with Gasteiger partial charge in [-0.1, -0.05) is 41.7 Å². The van der Waals surface area contributed by atoms with Gasteiger partial charge in [0.2, 0.25) is 5.91 Å². The number of thiazole rings is 1. The van der Waals surface area contributed by atoms with Gasteiger partial charge < -0.3 is 10.1 Å². The number of nitrogens with one attached hydrogen (secondary N) is 2. The molecule has 2 aromatic heterocycles. The third-order valence-corrected chi connectivity index (χ3v) is 6.81. The van der Waals surface area contributed by atoms with Crippen molar-refractivity contribution < 1.29 is 17.9 Å². The summed E-state index contributed by atoms with van der Waals surface area (Å²) in [5.74, 6) is -0.314. The van der Waals surface area contributed by atoms with Gasteiger partial charge in [-0.25, -0.2) is 13.4 Å². The van der Waals surface area contributed by atoms with E-state index in [0.29, 0.717) is 31.1 Å². The predicted octanol–water partition coefficient (Wildman–Crippen LogP) is 2.62. The highest BCUT2D eigenvalue weighted by Gasteiger charge is 2.23. The van der Waals surface area contributed by atoms with E-state index in [0.717, 1.165) is 16.9 Å². The molecule has 0 aliphatic heterocycles. The number of hydrogen-bond acceptors (Lipinski definition) is 7. The summed E-state index contributed by atoms with van der Waals surface area (Å²) in [6.07, 6.45) is 3.02. The first-order valence-electron chi connectivity index (χ1n) is 8.75. The standard InChI is InChI=1S/C18H21N5O4S2/c1-13-17(28-18(20-13)21-14(2)24)29(25,26)22-16-10-19-23(11-16)8-9-27-12-15-6-4-3-5-7-15/h3-7,10-11,22H,8-9,12H2,1-2H3,(H,20,21,24). The molecule has 154 valence electrons. The molecule has 3 rings (SSSR count). The van der Waals surface area contributed by atoms with Crippen LogP contribution >= 0.6 is 11.3 Å². The van der Waals surface area contributed by atoms with Crippen molar-refractivity contribution in [3.63, 3.8) is 0 Å². The maximum atomic E-state index is 12.6. The van der Waals surface area contributed by atoms with Gasteiger partial charge in [-0.2, -0.15) is 5.10 Å². The Balaban J connectivity index is 1.56. The summed E-state index contributed by atoms with van der Waals surface area (Å²) in [5.41, 5.74) is 1.73. The van der Waals surface area contributed by atoms with Crippen molar-refractivity contribution in [1.29, 1.82) is 0 Å². The Morgan fingerprint density at radius 3 is 2.76 bits per heavy atom. The number of amides is 1. The van der Waals surface area contributed by atoms with Gasteiger partial charge in [0.25, 0.3) is 10.0 Å². The number of sulfonamides is 1. The maximum absolute atomic E-state index is 12.6. The molecule has 29 heavy (non-hydrogen) atoms. The fourth-order valence-electron chi connectivity index (χ4n) is 2.50. The highest BCUT2D eigenvalue weighted by molar-refractivity contribution is 7.94. The molecule has 0 radical (unpaired) electrons. The molecular formula is C18H21N5O4S2. The minimum Gasteiger partial charge on any atom is -0.375 e. The van der Waals surface area contributed by atoms with Crippen molar-refractivity contribution >= 4 is 38.1 Å². The highest BCUT2D eigenvalue weighted by atomic mass is 32.2. The van der Waals surface area contributed by atoms with Gasteiger partial charge in [-0.05, 0) is 12.5 Å². The van der Waals surface area contributed by atoms with Crippen molar-refractivity contribution in [2.75, 3.05) is 16.6 Å². The Morgan fingerprint density at radius 1 is 1.28 bits per heavy atom. The number of anilines is 2. The van der Waals surface area contributed by atoms with Crippen LogP contribution in [0.5, 0.6) is 0 Å². The average molecular weight is 436 g/mol. The van der Waals surface area contributed by atoms with Gasteiger partial charge in [0, 0.05) is 13.1 Å². The first kappa shape index (κ1) is 21.0. The maximum Gasteiger partial charge on any atom is 0.273 e. The van der Waals surface area contributed by atoms with Gasteiger partial charge in [0.05, 0.1) is 37.3 Å². The minimum absolute atomic E-state index is 0.0418. The highest BCUT2D eigenvalue weighted by Crippen LogP contribution is 2.28. The third-order valence-electron chi connectivity index (χ3n) is 3.74. The van der Waals surface area contributed by atoms with Gasteiger partial charge in [0.15, 0.2) is 9.34 Å². The number of aromatic nitrogens is 3. The molecule has 3 aromatic rings. The molecule has 0 aliphatic carbocycles. The molecule has 0 saturated carbocycles. The molecule has 0 saturated heterocycles. The Bertz CT molecular complexity index is 1080. The first-order chi connectivity index (χ1) is 13.8. The van der Waals surface area contributed by atoms with Crippen LogP contribution in [0.2, 0.25) is 0 Å². The Hall–Kier alpha value is -2.76. The zero-order chi connectivity index (χ0) is 20.9. The number of benzene rings is 1. The molecule has 9 nitrogen and oxygen atoms in total. The van der Waals surface area contributed by atoms with E-state index in [-0.39, 0.29) is 15.2 Å². The minimum atomic E-state index is -3.84. The second-order valence-corrected chi connectivity index (χ2v) is 9.09. The number of nitrogens with zero attached hydrogens (tertiary/aromatic N) is 3.